The summed E-state index contributed by atoms with van der Waals surface area (Å²) >= 11 is 3.25. The highest BCUT2D eigenvalue weighted by Crippen LogP contribution is 2.39. The lowest BCUT2D eigenvalue weighted by molar-refractivity contribution is -0.173. The molecule has 2 unspecified atom stereocenters. The van der Waals surface area contributed by atoms with Crippen LogP contribution in [0.15, 0.2) is 28.7 Å². The van der Waals surface area contributed by atoms with E-state index in [9.17, 15) is 18.7 Å². The monoisotopic (exact) mass is 364 g/mol. The minimum Gasteiger partial charge on any atom is -0.466 e. The number of halogens is 3. The molecule has 2 atom stereocenters. The third-order valence-electron chi connectivity index (χ3n) is 3.28. The maximum atomic E-state index is 13.4. The molecule has 0 aliphatic carbocycles. The van der Waals surface area contributed by atoms with Gasteiger partial charge in [0.25, 0.3) is 6.43 Å². The largest absolute Gasteiger partial charge is 0.466 e. The second-order valence-electron chi connectivity index (χ2n) is 4.75. The zero-order chi connectivity index (χ0) is 16.0. The van der Waals surface area contributed by atoms with Crippen molar-refractivity contribution in [2.75, 3.05) is 6.61 Å². The van der Waals surface area contributed by atoms with Crippen molar-refractivity contribution in [1.82, 2.24) is 0 Å². The first-order valence-corrected chi connectivity index (χ1v) is 7.59. The van der Waals surface area contributed by atoms with Crippen LogP contribution in [0.4, 0.5) is 8.78 Å². The molecule has 0 aliphatic heterocycles. The molecule has 3 nitrogen and oxygen atoms in total. The van der Waals surface area contributed by atoms with Gasteiger partial charge in [0.05, 0.1) is 6.61 Å². The van der Waals surface area contributed by atoms with Gasteiger partial charge >= 0.3 is 5.97 Å². The highest BCUT2D eigenvalue weighted by atomic mass is 79.9. The molecule has 0 bridgehead atoms. The standard InChI is InChI=1S/C15H19BrF2O3/c1-3-9-15(20,10-5-7-11(16)8-6-10)12(13(17)18)14(19)21-4-2/h5-8,12-13,20H,3-4,9H2,1-2H3. The number of esters is 1. The van der Waals surface area contributed by atoms with Crippen molar-refractivity contribution in [2.24, 2.45) is 5.92 Å². The molecule has 0 amide bonds. The number of alkyl halides is 2. The van der Waals surface area contributed by atoms with Crippen molar-refractivity contribution < 1.29 is 23.4 Å². The van der Waals surface area contributed by atoms with E-state index in [1.165, 1.54) is 12.1 Å². The summed E-state index contributed by atoms with van der Waals surface area (Å²) in [5.41, 5.74) is -1.67. The summed E-state index contributed by atoms with van der Waals surface area (Å²) in [6.45, 7) is 3.29. The molecule has 0 saturated heterocycles. The van der Waals surface area contributed by atoms with E-state index in [1.54, 1.807) is 26.0 Å². The Morgan fingerprint density at radius 3 is 2.33 bits per heavy atom. The number of hydrogen-bond acceptors (Lipinski definition) is 3. The number of carbonyl (C=O) groups is 1. The van der Waals surface area contributed by atoms with Crippen molar-refractivity contribution in [3.8, 4) is 0 Å². The molecular weight excluding hydrogens is 346 g/mol. The average Bonchev–Trinajstić information content (AvgIpc) is 2.39. The van der Waals surface area contributed by atoms with E-state index in [2.05, 4.69) is 15.9 Å². The van der Waals surface area contributed by atoms with Gasteiger partial charge in [0.2, 0.25) is 0 Å². The van der Waals surface area contributed by atoms with Crippen molar-refractivity contribution in [1.29, 1.82) is 0 Å². The van der Waals surface area contributed by atoms with E-state index in [4.69, 9.17) is 4.74 Å². The summed E-state index contributed by atoms with van der Waals surface area (Å²) in [6.07, 6.45) is -2.51. The van der Waals surface area contributed by atoms with Gasteiger partial charge in [-0.3, -0.25) is 4.79 Å². The maximum Gasteiger partial charge on any atom is 0.318 e. The molecule has 1 rings (SSSR count). The van der Waals surface area contributed by atoms with Gasteiger partial charge < -0.3 is 9.84 Å². The summed E-state index contributed by atoms with van der Waals surface area (Å²) < 4.78 is 32.2. The van der Waals surface area contributed by atoms with E-state index < -0.39 is 23.9 Å². The van der Waals surface area contributed by atoms with Crippen molar-refractivity contribution >= 4 is 21.9 Å². The van der Waals surface area contributed by atoms with Crippen LogP contribution in [0.1, 0.15) is 32.3 Å². The molecule has 21 heavy (non-hydrogen) atoms. The van der Waals surface area contributed by atoms with E-state index in [0.29, 0.717) is 6.42 Å². The summed E-state index contributed by atoms with van der Waals surface area (Å²) in [4.78, 5) is 11.9. The minimum absolute atomic E-state index is 0.00933. The topological polar surface area (TPSA) is 46.5 Å². The summed E-state index contributed by atoms with van der Waals surface area (Å²) in [5, 5.41) is 10.8. The fraction of sp³-hybridized carbons (Fsp3) is 0.533. The molecule has 1 aromatic rings. The molecule has 0 saturated carbocycles. The second-order valence-corrected chi connectivity index (χ2v) is 5.66. The Bertz CT molecular complexity index is 464. The molecular formula is C15H19BrF2O3. The van der Waals surface area contributed by atoms with Gasteiger partial charge in [-0.25, -0.2) is 8.78 Å². The molecule has 0 fully saturated rings. The van der Waals surface area contributed by atoms with Crippen molar-refractivity contribution in [2.45, 2.75) is 38.7 Å². The fourth-order valence-electron chi connectivity index (χ4n) is 2.34. The van der Waals surface area contributed by atoms with Gasteiger partial charge in [-0.2, -0.15) is 0 Å². The zero-order valence-electron chi connectivity index (χ0n) is 12.0. The molecule has 0 radical (unpaired) electrons. The summed E-state index contributed by atoms with van der Waals surface area (Å²) in [5.74, 6) is -2.98. The van der Waals surface area contributed by atoms with Gasteiger partial charge in [-0.05, 0) is 31.0 Å². The Morgan fingerprint density at radius 2 is 1.90 bits per heavy atom. The molecule has 1 N–H and O–H groups in total. The van der Waals surface area contributed by atoms with Gasteiger partial charge in [-0.15, -0.1) is 0 Å². The SMILES string of the molecule is CCCC(O)(c1ccc(Br)cc1)C(C(=O)OCC)C(F)F. The quantitative estimate of drug-likeness (QED) is 0.746. The van der Waals surface area contributed by atoms with Crippen LogP contribution < -0.4 is 0 Å². The summed E-state index contributed by atoms with van der Waals surface area (Å²) in [7, 11) is 0. The van der Waals surface area contributed by atoms with Crippen LogP contribution in [0.3, 0.4) is 0 Å². The molecule has 0 heterocycles. The molecule has 0 aromatic heterocycles. The van der Waals surface area contributed by atoms with E-state index in [0.717, 1.165) is 4.47 Å². The second kappa shape index (κ2) is 7.84. The number of aliphatic hydroxyl groups is 1. The normalized spacial score (nSPS) is 15.6. The Labute approximate surface area is 131 Å². The number of carbonyl (C=O) groups excluding carboxylic acids is 1. The number of hydrogen-bond donors (Lipinski definition) is 1. The third kappa shape index (κ3) is 4.23. The molecule has 0 aliphatic rings. The maximum absolute atomic E-state index is 13.4. The average molecular weight is 365 g/mol. The lowest BCUT2D eigenvalue weighted by Crippen LogP contribution is -2.45. The van der Waals surface area contributed by atoms with Gasteiger partial charge in [0.15, 0.2) is 5.92 Å². The molecule has 6 heteroatoms. The highest BCUT2D eigenvalue weighted by molar-refractivity contribution is 9.10. The van der Waals surface area contributed by atoms with Gasteiger partial charge in [0.1, 0.15) is 5.60 Å². The third-order valence-corrected chi connectivity index (χ3v) is 3.81. The zero-order valence-corrected chi connectivity index (χ0v) is 13.6. The first-order chi connectivity index (χ1) is 9.86. The highest BCUT2D eigenvalue weighted by Gasteiger charge is 2.48. The molecule has 0 spiro atoms. The van der Waals surface area contributed by atoms with Crippen LogP contribution in [0.25, 0.3) is 0 Å². The van der Waals surface area contributed by atoms with E-state index >= 15 is 0 Å². The van der Waals surface area contributed by atoms with Crippen LogP contribution in [-0.4, -0.2) is 24.1 Å². The molecule has 118 valence electrons. The van der Waals surface area contributed by atoms with Crippen LogP contribution in [-0.2, 0) is 15.1 Å². The van der Waals surface area contributed by atoms with Gasteiger partial charge in [0, 0.05) is 4.47 Å². The Kier molecular flexibility index (Phi) is 6.74. The number of ether oxygens (including phenoxy) is 1. The molecule has 1 aromatic carbocycles. The van der Waals surface area contributed by atoms with Crippen molar-refractivity contribution in [3.05, 3.63) is 34.3 Å². The Morgan fingerprint density at radius 1 is 1.33 bits per heavy atom. The smallest absolute Gasteiger partial charge is 0.318 e. The van der Waals surface area contributed by atoms with E-state index in [-0.39, 0.29) is 18.6 Å². The lowest BCUT2D eigenvalue weighted by Gasteiger charge is -2.34. The van der Waals surface area contributed by atoms with E-state index in [1.807, 2.05) is 0 Å². The minimum atomic E-state index is -3.01. The predicted octanol–water partition coefficient (Wildman–Crippen LogP) is 3.88. The van der Waals surface area contributed by atoms with Crippen LogP contribution in [0.2, 0.25) is 0 Å². The summed E-state index contributed by atoms with van der Waals surface area (Å²) in [6, 6.07) is 6.36. The Balaban J connectivity index is 3.27. The van der Waals surface area contributed by atoms with Crippen LogP contribution in [0.5, 0.6) is 0 Å². The predicted molar refractivity (Wildman–Crippen MR) is 79.1 cm³/mol. The fourth-order valence-corrected chi connectivity index (χ4v) is 2.60. The Hall–Kier alpha value is -1.01. The number of rotatable bonds is 7. The lowest BCUT2D eigenvalue weighted by atomic mass is 9.78. The van der Waals surface area contributed by atoms with Crippen LogP contribution >= 0.6 is 15.9 Å². The van der Waals surface area contributed by atoms with Crippen molar-refractivity contribution in [3.63, 3.8) is 0 Å². The first-order valence-electron chi connectivity index (χ1n) is 6.80. The van der Waals surface area contributed by atoms with Gasteiger partial charge in [-0.1, -0.05) is 41.4 Å². The number of benzene rings is 1. The van der Waals surface area contributed by atoms with Crippen LogP contribution in [0, 0.1) is 5.92 Å². The first kappa shape index (κ1) is 18.0.